The fraction of sp³-hybridized carbons (Fsp3) is 0.267. The van der Waals surface area contributed by atoms with Crippen LogP contribution < -0.4 is 5.32 Å². The molecule has 0 unspecified atom stereocenters. The molecule has 3 N–H and O–H groups in total. The van der Waals surface area contributed by atoms with Gasteiger partial charge in [0.15, 0.2) is 0 Å². The number of carbonyl (C=O) groups is 1. The van der Waals surface area contributed by atoms with E-state index in [1.54, 1.807) is 6.26 Å². The van der Waals surface area contributed by atoms with Crippen LogP contribution in [0.25, 0.3) is 11.3 Å². The maximum Gasteiger partial charge on any atom is 0.404 e. The van der Waals surface area contributed by atoms with E-state index >= 15 is 0 Å². The normalized spacial score (nSPS) is 9.60. The molecule has 0 saturated carbocycles. The Morgan fingerprint density at radius 2 is 2.00 bits per heavy atom. The number of carboxylic acid groups (broad SMARTS) is 1. The topological polar surface area (TPSA) is 82.7 Å². The summed E-state index contributed by atoms with van der Waals surface area (Å²) in [7, 11) is 1.35. The van der Waals surface area contributed by atoms with Crippen molar-refractivity contribution in [3.8, 4) is 11.3 Å². The van der Waals surface area contributed by atoms with Gasteiger partial charge < -0.3 is 19.9 Å². The van der Waals surface area contributed by atoms with E-state index in [1.165, 1.54) is 7.05 Å². The zero-order valence-corrected chi connectivity index (χ0v) is 11.8. The first-order chi connectivity index (χ1) is 9.49. The van der Waals surface area contributed by atoms with Gasteiger partial charge in [0, 0.05) is 12.6 Å². The molecule has 0 aliphatic rings. The van der Waals surface area contributed by atoms with Gasteiger partial charge >= 0.3 is 6.09 Å². The van der Waals surface area contributed by atoms with Gasteiger partial charge in [-0.05, 0) is 37.1 Å². The van der Waals surface area contributed by atoms with Crippen LogP contribution in [-0.4, -0.2) is 23.4 Å². The van der Waals surface area contributed by atoms with Gasteiger partial charge in [0.1, 0.15) is 5.76 Å². The lowest BCUT2D eigenvalue weighted by Crippen LogP contribution is -2.13. The molecular weight excluding hydrogens is 258 g/mol. The predicted molar refractivity (Wildman–Crippen MR) is 76.6 cm³/mol. The zero-order valence-electron chi connectivity index (χ0n) is 11.8. The minimum absolute atomic E-state index is 0.0402. The summed E-state index contributed by atoms with van der Waals surface area (Å²) in [4.78, 5) is 9.26. The number of benzene rings is 1. The summed E-state index contributed by atoms with van der Waals surface area (Å²) in [6, 6.07) is 7.86. The number of aliphatic hydroxyl groups is 1. The molecule has 5 nitrogen and oxygen atoms in total. The Bertz CT molecular complexity index is 562. The third-order valence-electron chi connectivity index (χ3n) is 2.71. The highest BCUT2D eigenvalue weighted by Gasteiger charge is 2.10. The third-order valence-corrected chi connectivity index (χ3v) is 2.71. The first-order valence-electron chi connectivity index (χ1n) is 6.15. The fourth-order valence-corrected chi connectivity index (χ4v) is 1.95. The molecule has 1 heterocycles. The van der Waals surface area contributed by atoms with E-state index in [0.29, 0.717) is 0 Å². The van der Waals surface area contributed by atoms with Crippen LogP contribution in [0.1, 0.15) is 16.7 Å². The van der Waals surface area contributed by atoms with Crippen molar-refractivity contribution in [2.75, 3.05) is 7.05 Å². The molecule has 0 radical (unpaired) electrons. The van der Waals surface area contributed by atoms with Gasteiger partial charge in [-0.25, -0.2) is 4.79 Å². The summed E-state index contributed by atoms with van der Waals surface area (Å²) in [5, 5.41) is 18.9. The molecule has 5 heteroatoms. The van der Waals surface area contributed by atoms with Crippen LogP contribution in [0.2, 0.25) is 0 Å². The van der Waals surface area contributed by atoms with Gasteiger partial charge in [-0.3, -0.25) is 0 Å². The van der Waals surface area contributed by atoms with Gasteiger partial charge in [0.25, 0.3) is 0 Å². The Morgan fingerprint density at radius 3 is 2.45 bits per heavy atom. The lowest BCUT2D eigenvalue weighted by molar-refractivity contribution is 0.197. The number of aryl methyl sites for hydroxylation is 2. The number of furan rings is 1. The standard InChI is InChI=1S/C13H14O2.C2H5NO2/c1-9-6-10(2)13(11(7-9)8-14)12-4-3-5-15-12;1-3-2(4)5/h3-7,14H,8H2,1-2H3;3H,1H3,(H,4,5). The summed E-state index contributed by atoms with van der Waals surface area (Å²) in [5.74, 6) is 0.816. The van der Waals surface area contributed by atoms with Crippen LogP contribution in [0.3, 0.4) is 0 Å². The molecular formula is C15H19NO4. The maximum absolute atomic E-state index is 9.32. The first-order valence-corrected chi connectivity index (χ1v) is 6.15. The van der Waals surface area contributed by atoms with Gasteiger partial charge in [-0.2, -0.15) is 0 Å². The summed E-state index contributed by atoms with van der Waals surface area (Å²) in [6.07, 6.45) is 0.653. The molecule has 1 aromatic heterocycles. The van der Waals surface area contributed by atoms with Gasteiger partial charge in [0.2, 0.25) is 0 Å². The van der Waals surface area contributed by atoms with Gasteiger partial charge in [-0.1, -0.05) is 17.7 Å². The summed E-state index contributed by atoms with van der Waals surface area (Å²) >= 11 is 0. The molecule has 20 heavy (non-hydrogen) atoms. The van der Waals surface area contributed by atoms with Gasteiger partial charge in [0.05, 0.1) is 12.9 Å². The zero-order chi connectivity index (χ0) is 15.1. The number of rotatable bonds is 2. The number of hydrogen-bond donors (Lipinski definition) is 3. The van der Waals surface area contributed by atoms with E-state index in [0.717, 1.165) is 28.0 Å². The van der Waals surface area contributed by atoms with Gasteiger partial charge in [-0.15, -0.1) is 0 Å². The molecule has 0 spiro atoms. The predicted octanol–water partition coefficient (Wildman–Crippen LogP) is 2.94. The quantitative estimate of drug-likeness (QED) is 0.788. The molecule has 1 amide bonds. The third kappa shape index (κ3) is 4.13. The average molecular weight is 277 g/mol. The average Bonchev–Trinajstić information content (AvgIpc) is 2.91. The molecule has 0 bridgehead atoms. The van der Waals surface area contributed by atoms with E-state index in [-0.39, 0.29) is 6.61 Å². The summed E-state index contributed by atoms with van der Waals surface area (Å²) in [5.41, 5.74) is 4.22. The molecule has 0 aliphatic heterocycles. The molecule has 2 rings (SSSR count). The van der Waals surface area contributed by atoms with Crippen LogP contribution in [-0.2, 0) is 6.61 Å². The van der Waals surface area contributed by atoms with Crippen molar-refractivity contribution in [2.45, 2.75) is 20.5 Å². The SMILES string of the molecule is CNC(=O)O.Cc1cc(C)c(-c2ccco2)c(CO)c1. The lowest BCUT2D eigenvalue weighted by Gasteiger charge is -2.10. The van der Waals surface area contributed by atoms with Crippen molar-refractivity contribution in [2.24, 2.45) is 0 Å². The lowest BCUT2D eigenvalue weighted by atomic mass is 9.97. The second-order valence-corrected chi connectivity index (χ2v) is 4.31. The summed E-state index contributed by atoms with van der Waals surface area (Å²) in [6.45, 7) is 4.10. The Balaban J connectivity index is 0.000000347. The van der Waals surface area contributed by atoms with Crippen molar-refractivity contribution < 1.29 is 19.4 Å². The highest BCUT2D eigenvalue weighted by molar-refractivity contribution is 5.67. The monoisotopic (exact) mass is 277 g/mol. The number of nitrogens with one attached hydrogen (secondary N) is 1. The van der Waals surface area contributed by atoms with Crippen molar-refractivity contribution in [3.05, 3.63) is 47.2 Å². The fourth-order valence-electron chi connectivity index (χ4n) is 1.95. The van der Waals surface area contributed by atoms with E-state index in [1.807, 2.05) is 37.4 Å². The van der Waals surface area contributed by atoms with E-state index in [4.69, 9.17) is 9.52 Å². The second kappa shape index (κ2) is 7.35. The minimum Gasteiger partial charge on any atom is -0.465 e. The van der Waals surface area contributed by atoms with E-state index in [9.17, 15) is 9.90 Å². The number of amides is 1. The number of hydrogen-bond acceptors (Lipinski definition) is 3. The number of aliphatic hydroxyl groups excluding tert-OH is 1. The van der Waals surface area contributed by atoms with Crippen LogP contribution in [0, 0.1) is 13.8 Å². The van der Waals surface area contributed by atoms with Crippen LogP contribution in [0.5, 0.6) is 0 Å². The van der Waals surface area contributed by atoms with Crippen LogP contribution in [0.4, 0.5) is 4.79 Å². The molecule has 108 valence electrons. The smallest absolute Gasteiger partial charge is 0.404 e. The Hall–Kier alpha value is -2.27. The second-order valence-electron chi connectivity index (χ2n) is 4.31. The first kappa shape index (κ1) is 15.8. The highest BCUT2D eigenvalue weighted by Crippen LogP contribution is 2.29. The molecule has 0 atom stereocenters. The maximum atomic E-state index is 9.32. The molecule has 0 aliphatic carbocycles. The van der Waals surface area contributed by atoms with Crippen molar-refractivity contribution in [3.63, 3.8) is 0 Å². The van der Waals surface area contributed by atoms with Crippen molar-refractivity contribution >= 4 is 6.09 Å². The van der Waals surface area contributed by atoms with Crippen molar-refractivity contribution in [1.82, 2.24) is 5.32 Å². The Labute approximate surface area is 117 Å². The highest BCUT2D eigenvalue weighted by atomic mass is 16.4. The summed E-state index contributed by atoms with van der Waals surface area (Å²) < 4.78 is 5.37. The van der Waals surface area contributed by atoms with Crippen LogP contribution in [0.15, 0.2) is 34.9 Å². The molecule has 0 saturated heterocycles. The largest absolute Gasteiger partial charge is 0.465 e. The minimum atomic E-state index is -0.995. The van der Waals surface area contributed by atoms with Crippen LogP contribution >= 0.6 is 0 Å². The van der Waals surface area contributed by atoms with E-state index < -0.39 is 6.09 Å². The van der Waals surface area contributed by atoms with Crippen molar-refractivity contribution in [1.29, 1.82) is 0 Å². The Kier molecular flexibility index (Phi) is 5.80. The van der Waals surface area contributed by atoms with E-state index in [2.05, 4.69) is 6.07 Å². The molecule has 0 fully saturated rings. The Morgan fingerprint density at radius 1 is 1.35 bits per heavy atom. The molecule has 1 aromatic carbocycles. The molecule has 2 aromatic rings.